The fourth-order valence-corrected chi connectivity index (χ4v) is 4.92. The van der Waals surface area contributed by atoms with Gasteiger partial charge in [0.05, 0.1) is 28.2 Å². The molecule has 1 aromatic carbocycles. The highest BCUT2D eigenvalue weighted by molar-refractivity contribution is 7.40. The minimum atomic E-state index is -0.306. The summed E-state index contributed by atoms with van der Waals surface area (Å²) in [6, 6.07) is 5.75. The average molecular weight is 379 g/mol. The van der Waals surface area contributed by atoms with Crippen molar-refractivity contribution in [2.75, 3.05) is 15.7 Å². The lowest BCUT2D eigenvalue weighted by atomic mass is 9.86. The predicted octanol–water partition coefficient (Wildman–Crippen LogP) is 4.62. The molecule has 3 atom stereocenters. The third-order valence-electron chi connectivity index (χ3n) is 4.76. The van der Waals surface area contributed by atoms with Crippen molar-refractivity contribution in [3.8, 4) is 0 Å². The lowest BCUT2D eigenvalue weighted by Crippen LogP contribution is -2.31. The molecule has 3 rings (SSSR count). The van der Waals surface area contributed by atoms with Crippen LogP contribution in [0.3, 0.4) is 0 Å². The number of anilines is 2. The number of nitrogens with zero attached hydrogens (tertiary/aromatic N) is 2. The van der Waals surface area contributed by atoms with Gasteiger partial charge in [-0.25, -0.2) is 4.90 Å². The van der Waals surface area contributed by atoms with E-state index in [2.05, 4.69) is 25.4 Å². The SMILES string of the molecule is CCPN(c1cc(N2C(=O)C3C=CCCC3C2=O)ccc1Cl)C(C)C. The highest BCUT2D eigenvalue weighted by Gasteiger charge is 2.47. The van der Waals surface area contributed by atoms with Crippen LogP contribution in [0.15, 0.2) is 30.4 Å². The van der Waals surface area contributed by atoms with E-state index in [9.17, 15) is 9.59 Å². The van der Waals surface area contributed by atoms with Gasteiger partial charge in [-0.3, -0.25) is 9.59 Å². The van der Waals surface area contributed by atoms with Crippen molar-refractivity contribution in [3.63, 3.8) is 0 Å². The number of benzene rings is 1. The standard InChI is InChI=1S/C19H24ClN2O2P/c1-4-25-22(12(2)3)17-11-13(9-10-16(17)20)21-18(23)14-7-5-6-8-15(14)19(21)24/h5,7,9-12,14-15,25H,4,6,8H2,1-3H3. The molecular formula is C19H24ClN2O2P. The number of rotatable bonds is 5. The van der Waals surface area contributed by atoms with E-state index in [1.54, 1.807) is 12.1 Å². The van der Waals surface area contributed by atoms with Crippen molar-refractivity contribution in [3.05, 3.63) is 35.4 Å². The minimum Gasteiger partial charge on any atom is -0.349 e. The Bertz CT molecular complexity index is 719. The van der Waals surface area contributed by atoms with Crippen LogP contribution in [-0.4, -0.2) is 24.0 Å². The Morgan fingerprint density at radius 1 is 1.32 bits per heavy atom. The Morgan fingerprint density at radius 3 is 2.72 bits per heavy atom. The Balaban J connectivity index is 1.98. The molecule has 1 heterocycles. The van der Waals surface area contributed by atoms with Gasteiger partial charge in [0.1, 0.15) is 0 Å². The first-order chi connectivity index (χ1) is 12.0. The molecule has 0 aromatic heterocycles. The highest BCUT2D eigenvalue weighted by Crippen LogP contribution is 2.41. The molecule has 2 aliphatic rings. The second kappa shape index (κ2) is 7.47. The van der Waals surface area contributed by atoms with Crippen LogP contribution >= 0.6 is 20.3 Å². The predicted molar refractivity (Wildman–Crippen MR) is 106 cm³/mol. The molecule has 1 aromatic rings. The summed E-state index contributed by atoms with van der Waals surface area (Å²) in [5, 5.41) is 0.648. The summed E-state index contributed by atoms with van der Waals surface area (Å²) in [6.45, 7) is 6.38. The van der Waals surface area contributed by atoms with Crippen molar-refractivity contribution in [2.45, 2.75) is 39.7 Å². The maximum Gasteiger partial charge on any atom is 0.241 e. The summed E-state index contributed by atoms with van der Waals surface area (Å²) >= 11 is 6.44. The van der Waals surface area contributed by atoms with Crippen LogP contribution in [0.2, 0.25) is 5.02 Å². The average Bonchev–Trinajstić information content (AvgIpc) is 2.85. The molecule has 2 amide bonds. The summed E-state index contributed by atoms with van der Waals surface area (Å²) in [6.07, 6.45) is 6.53. The Hall–Kier alpha value is -1.38. The van der Waals surface area contributed by atoms with E-state index in [4.69, 9.17) is 11.6 Å². The maximum absolute atomic E-state index is 12.8. The summed E-state index contributed by atoms with van der Waals surface area (Å²) in [4.78, 5) is 26.9. The smallest absolute Gasteiger partial charge is 0.241 e. The van der Waals surface area contributed by atoms with Gasteiger partial charge in [-0.05, 0) is 59.8 Å². The largest absolute Gasteiger partial charge is 0.349 e. The van der Waals surface area contributed by atoms with Gasteiger partial charge >= 0.3 is 0 Å². The van der Waals surface area contributed by atoms with E-state index in [1.165, 1.54) is 4.90 Å². The monoisotopic (exact) mass is 378 g/mol. The highest BCUT2D eigenvalue weighted by atomic mass is 35.5. The number of halogens is 1. The zero-order valence-corrected chi connectivity index (χ0v) is 16.6. The van der Waals surface area contributed by atoms with Gasteiger partial charge in [-0.2, -0.15) is 0 Å². The summed E-state index contributed by atoms with van der Waals surface area (Å²) in [5.41, 5.74) is 1.52. The second-order valence-corrected chi connectivity index (χ2v) is 8.67. The number of carbonyl (C=O) groups is 2. The number of hydrogen-bond acceptors (Lipinski definition) is 3. The third-order valence-corrected chi connectivity index (χ3v) is 6.49. The molecule has 1 aliphatic carbocycles. The van der Waals surface area contributed by atoms with Crippen molar-refractivity contribution in [2.24, 2.45) is 11.8 Å². The molecule has 0 saturated carbocycles. The van der Waals surface area contributed by atoms with E-state index >= 15 is 0 Å². The molecule has 1 saturated heterocycles. The van der Waals surface area contributed by atoms with Gasteiger partial charge < -0.3 is 4.67 Å². The van der Waals surface area contributed by atoms with Gasteiger partial charge in [0, 0.05) is 6.04 Å². The van der Waals surface area contributed by atoms with Crippen LogP contribution in [-0.2, 0) is 9.59 Å². The van der Waals surface area contributed by atoms with Gasteiger partial charge in [-0.1, -0.05) is 30.7 Å². The maximum atomic E-state index is 12.8. The van der Waals surface area contributed by atoms with Crippen LogP contribution in [0.1, 0.15) is 33.6 Å². The number of imide groups is 1. The molecule has 0 N–H and O–H groups in total. The molecule has 1 aliphatic heterocycles. The van der Waals surface area contributed by atoms with Gasteiger partial charge in [0.25, 0.3) is 0 Å². The third kappa shape index (κ3) is 3.35. The minimum absolute atomic E-state index is 0.0818. The fourth-order valence-electron chi connectivity index (χ4n) is 3.58. The molecule has 134 valence electrons. The van der Waals surface area contributed by atoms with Crippen molar-refractivity contribution in [1.82, 2.24) is 0 Å². The van der Waals surface area contributed by atoms with Crippen molar-refractivity contribution >= 4 is 43.5 Å². The number of hydrogen-bond donors (Lipinski definition) is 0. The van der Waals surface area contributed by atoms with E-state index in [0.29, 0.717) is 25.5 Å². The number of fused-ring (bicyclic) bond motifs is 1. The number of amides is 2. The first-order valence-corrected chi connectivity index (χ1v) is 10.4. The van der Waals surface area contributed by atoms with Gasteiger partial charge in [0.15, 0.2) is 0 Å². The molecule has 1 fully saturated rings. The zero-order chi connectivity index (χ0) is 18.1. The number of carbonyl (C=O) groups excluding carboxylic acids is 2. The quantitative estimate of drug-likeness (QED) is 0.426. The second-order valence-electron chi connectivity index (χ2n) is 6.76. The van der Waals surface area contributed by atoms with Crippen LogP contribution in [0.5, 0.6) is 0 Å². The molecule has 3 unspecified atom stereocenters. The molecule has 0 spiro atoms. The molecular weight excluding hydrogens is 355 g/mol. The molecule has 0 radical (unpaired) electrons. The van der Waals surface area contributed by atoms with Gasteiger partial charge in [-0.15, -0.1) is 0 Å². The first kappa shape index (κ1) is 18.4. The van der Waals surface area contributed by atoms with Gasteiger partial charge in [0.2, 0.25) is 11.8 Å². The topological polar surface area (TPSA) is 40.6 Å². The summed E-state index contributed by atoms with van der Waals surface area (Å²) < 4.78 is 2.24. The summed E-state index contributed by atoms with van der Waals surface area (Å²) in [5.74, 6) is -0.718. The Labute approximate surface area is 156 Å². The lowest BCUT2D eigenvalue weighted by Gasteiger charge is -2.30. The molecule has 6 heteroatoms. The molecule has 25 heavy (non-hydrogen) atoms. The van der Waals surface area contributed by atoms with Crippen molar-refractivity contribution < 1.29 is 9.59 Å². The van der Waals surface area contributed by atoms with E-state index in [-0.39, 0.29) is 23.7 Å². The Morgan fingerprint density at radius 2 is 2.08 bits per heavy atom. The normalized spacial score (nSPS) is 23.2. The van der Waals surface area contributed by atoms with Crippen molar-refractivity contribution in [1.29, 1.82) is 0 Å². The van der Waals surface area contributed by atoms with Crippen LogP contribution in [0, 0.1) is 11.8 Å². The summed E-state index contributed by atoms with van der Waals surface area (Å²) in [7, 11) is 0.604. The molecule has 4 nitrogen and oxygen atoms in total. The lowest BCUT2D eigenvalue weighted by molar-refractivity contribution is -0.122. The fraction of sp³-hybridized carbons (Fsp3) is 0.474. The molecule has 0 bridgehead atoms. The van der Waals surface area contributed by atoms with E-state index in [0.717, 1.165) is 24.7 Å². The zero-order valence-electron chi connectivity index (χ0n) is 14.8. The van der Waals surface area contributed by atoms with Crippen LogP contribution in [0.25, 0.3) is 0 Å². The Kier molecular flexibility index (Phi) is 5.50. The van der Waals surface area contributed by atoms with Crippen LogP contribution < -0.4 is 9.57 Å². The number of allylic oxidation sites excluding steroid dienone is 1. The van der Waals surface area contributed by atoms with E-state index in [1.807, 2.05) is 18.2 Å². The first-order valence-electron chi connectivity index (χ1n) is 8.82. The van der Waals surface area contributed by atoms with Crippen LogP contribution in [0.4, 0.5) is 11.4 Å². The van der Waals surface area contributed by atoms with E-state index < -0.39 is 0 Å².